The Bertz CT molecular complexity index is 1010. The molecule has 0 bridgehead atoms. The van der Waals surface area contributed by atoms with Crippen molar-refractivity contribution in [1.29, 1.82) is 0 Å². The molecule has 1 fully saturated rings. The van der Waals surface area contributed by atoms with Gasteiger partial charge in [0.1, 0.15) is 0 Å². The number of nitrogens with zero attached hydrogens (tertiary/aromatic N) is 3. The first-order valence-corrected chi connectivity index (χ1v) is 11.1. The third kappa shape index (κ3) is 5.00. The van der Waals surface area contributed by atoms with Crippen LogP contribution >= 0.6 is 0 Å². The van der Waals surface area contributed by atoms with Crippen molar-refractivity contribution in [3.8, 4) is 0 Å². The lowest BCUT2D eigenvalue weighted by Gasteiger charge is -2.31. The molecule has 8 heteroatoms. The van der Waals surface area contributed by atoms with E-state index in [9.17, 15) is 14.4 Å². The fraction of sp³-hybridized carbons (Fsp3) is 0.500. The van der Waals surface area contributed by atoms with Crippen molar-refractivity contribution >= 4 is 23.4 Å². The van der Waals surface area contributed by atoms with Crippen molar-refractivity contribution in [3.05, 3.63) is 47.3 Å². The smallest absolute Gasteiger partial charge is 0.276 e. The summed E-state index contributed by atoms with van der Waals surface area (Å²) in [7, 11) is 0. The molecule has 32 heavy (non-hydrogen) atoms. The first-order chi connectivity index (χ1) is 15.0. The number of benzene rings is 1. The highest BCUT2D eigenvalue weighted by Crippen LogP contribution is 2.25. The van der Waals surface area contributed by atoms with E-state index in [0.29, 0.717) is 42.9 Å². The van der Waals surface area contributed by atoms with E-state index in [4.69, 9.17) is 5.73 Å². The summed E-state index contributed by atoms with van der Waals surface area (Å²) >= 11 is 0. The fourth-order valence-electron chi connectivity index (χ4n) is 3.96. The number of aromatic nitrogens is 2. The summed E-state index contributed by atoms with van der Waals surface area (Å²) < 4.78 is 1.88. The average Bonchev–Trinajstić information content (AvgIpc) is 3.20. The third-order valence-electron chi connectivity index (χ3n) is 5.79. The second kappa shape index (κ2) is 9.14. The van der Waals surface area contributed by atoms with E-state index in [0.717, 1.165) is 5.69 Å². The normalized spacial score (nSPS) is 15.1. The van der Waals surface area contributed by atoms with Crippen LogP contribution in [0.3, 0.4) is 0 Å². The minimum absolute atomic E-state index is 0.174. The first kappa shape index (κ1) is 23.5. The number of amides is 3. The van der Waals surface area contributed by atoms with Crippen LogP contribution in [0.1, 0.15) is 79.9 Å². The molecule has 172 valence electrons. The first-order valence-electron chi connectivity index (χ1n) is 11.1. The SMILES string of the molecule is CC(C)c1cc(C(=O)Nc2ccccc2C(=O)N2CCC(C(N)=O)CC2)nn1C(C)(C)C. The van der Waals surface area contributed by atoms with Gasteiger partial charge in [0.05, 0.1) is 16.8 Å². The quantitative estimate of drug-likeness (QED) is 0.744. The van der Waals surface area contributed by atoms with Crippen molar-refractivity contribution < 1.29 is 14.4 Å². The lowest BCUT2D eigenvalue weighted by molar-refractivity contribution is -0.123. The molecule has 8 nitrogen and oxygen atoms in total. The number of carbonyl (C=O) groups is 3. The topological polar surface area (TPSA) is 110 Å². The molecule has 1 aromatic heterocycles. The minimum atomic E-state index is -0.359. The molecule has 3 N–H and O–H groups in total. The van der Waals surface area contributed by atoms with Crippen LogP contribution in [-0.2, 0) is 10.3 Å². The van der Waals surface area contributed by atoms with Crippen molar-refractivity contribution in [2.45, 2.75) is 58.9 Å². The van der Waals surface area contributed by atoms with E-state index < -0.39 is 0 Å². The number of anilines is 1. The van der Waals surface area contributed by atoms with Crippen LogP contribution in [0.4, 0.5) is 5.69 Å². The summed E-state index contributed by atoms with van der Waals surface area (Å²) in [4.78, 5) is 39.3. The maximum Gasteiger partial charge on any atom is 0.276 e. The van der Waals surface area contributed by atoms with E-state index in [1.807, 2.05) is 31.5 Å². The Hall–Kier alpha value is -3.16. The summed E-state index contributed by atoms with van der Waals surface area (Å²) in [6.45, 7) is 11.2. The molecule has 0 atom stereocenters. The van der Waals surface area contributed by atoms with E-state index in [2.05, 4.69) is 24.3 Å². The van der Waals surface area contributed by atoms with Crippen LogP contribution in [0.5, 0.6) is 0 Å². The molecular formula is C24H33N5O3. The van der Waals surface area contributed by atoms with Crippen molar-refractivity contribution in [2.75, 3.05) is 18.4 Å². The van der Waals surface area contributed by atoms with E-state index in [1.165, 1.54) is 0 Å². The minimum Gasteiger partial charge on any atom is -0.369 e. The molecular weight excluding hydrogens is 406 g/mol. The van der Waals surface area contributed by atoms with Crippen LogP contribution in [0.15, 0.2) is 30.3 Å². The van der Waals surface area contributed by atoms with Gasteiger partial charge in [-0.1, -0.05) is 26.0 Å². The van der Waals surface area contributed by atoms with Gasteiger partial charge in [-0.25, -0.2) is 0 Å². The van der Waals surface area contributed by atoms with E-state index in [1.54, 1.807) is 29.2 Å². The lowest BCUT2D eigenvalue weighted by Crippen LogP contribution is -2.42. The zero-order chi connectivity index (χ0) is 23.6. The Labute approximate surface area is 189 Å². The van der Waals surface area contributed by atoms with Gasteiger partial charge in [-0.15, -0.1) is 0 Å². The monoisotopic (exact) mass is 439 g/mol. The summed E-state index contributed by atoms with van der Waals surface area (Å²) in [5, 5.41) is 7.42. The second-order valence-electron chi connectivity index (χ2n) is 9.66. The van der Waals surface area contributed by atoms with Gasteiger partial charge in [0.25, 0.3) is 11.8 Å². The molecule has 1 aromatic carbocycles. The van der Waals surface area contributed by atoms with Crippen LogP contribution in [0, 0.1) is 5.92 Å². The number of hydrogen-bond acceptors (Lipinski definition) is 4. The molecule has 3 amide bonds. The van der Waals surface area contributed by atoms with Gasteiger partial charge >= 0.3 is 0 Å². The Kier molecular flexibility index (Phi) is 6.71. The molecule has 1 saturated heterocycles. The molecule has 0 spiro atoms. The molecule has 2 aromatic rings. The highest BCUT2D eigenvalue weighted by atomic mass is 16.2. The Balaban J connectivity index is 1.80. The molecule has 0 unspecified atom stereocenters. The Morgan fingerprint density at radius 1 is 1.12 bits per heavy atom. The number of nitrogens with two attached hydrogens (primary N) is 1. The zero-order valence-electron chi connectivity index (χ0n) is 19.5. The van der Waals surface area contributed by atoms with Gasteiger partial charge in [0.2, 0.25) is 5.91 Å². The molecule has 1 aliphatic heterocycles. The summed E-state index contributed by atoms with van der Waals surface area (Å²) in [6.07, 6.45) is 1.11. The van der Waals surface area contributed by atoms with Crippen molar-refractivity contribution in [3.63, 3.8) is 0 Å². The van der Waals surface area contributed by atoms with Gasteiger partial charge in [-0.2, -0.15) is 5.10 Å². The summed E-state index contributed by atoms with van der Waals surface area (Å²) in [5.74, 6) is -0.836. The summed E-state index contributed by atoms with van der Waals surface area (Å²) in [6, 6.07) is 8.77. The maximum absolute atomic E-state index is 13.1. The molecule has 3 rings (SSSR count). The Morgan fingerprint density at radius 2 is 1.75 bits per heavy atom. The number of hydrogen-bond donors (Lipinski definition) is 2. The largest absolute Gasteiger partial charge is 0.369 e. The van der Waals surface area contributed by atoms with E-state index in [-0.39, 0.29) is 35.1 Å². The predicted octanol–water partition coefficient (Wildman–Crippen LogP) is 3.35. The molecule has 0 aliphatic carbocycles. The van der Waals surface area contributed by atoms with Crippen LogP contribution < -0.4 is 11.1 Å². The van der Waals surface area contributed by atoms with Gasteiger partial charge < -0.3 is 16.0 Å². The van der Waals surface area contributed by atoms with E-state index >= 15 is 0 Å². The van der Waals surface area contributed by atoms with Gasteiger partial charge in [-0.3, -0.25) is 19.1 Å². The summed E-state index contributed by atoms with van der Waals surface area (Å²) in [5.41, 5.74) is 7.28. The van der Waals surface area contributed by atoms with Crippen LogP contribution in [0.25, 0.3) is 0 Å². The van der Waals surface area contributed by atoms with Crippen molar-refractivity contribution in [1.82, 2.24) is 14.7 Å². The standard InChI is InChI=1S/C24H33N5O3/c1-15(2)20-14-19(27-29(20)24(3,4)5)22(31)26-18-9-7-6-8-17(18)23(32)28-12-10-16(11-13-28)21(25)30/h6-9,14-16H,10-13H2,1-5H3,(H2,25,30)(H,26,31). The highest BCUT2D eigenvalue weighted by Gasteiger charge is 2.28. The van der Waals surface area contributed by atoms with Crippen LogP contribution in [-0.4, -0.2) is 45.5 Å². The molecule has 0 saturated carbocycles. The number of likely N-dealkylation sites (tertiary alicyclic amines) is 1. The van der Waals surface area contributed by atoms with Crippen molar-refractivity contribution in [2.24, 2.45) is 11.7 Å². The van der Waals surface area contributed by atoms with Gasteiger partial charge in [0.15, 0.2) is 5.69 Å². The zero-order valence-corrected chi connectivity index (χ0v) is 19.5. The number of nitrogens with one attached hydrogen (secondary N) is 1. The number of rotatable bonds is 5. The molecule has 2 heterocycles. The van der Waals surface area contributed by atoms with Gasteiger partial charge in [0, 0.05) is 24.7 Å². The second-order valence-corrected chi connectivity index (χ2v) is 9.66. The number of piperidine rings is 1. The third-order valence-corrected chi connectivity index (χ3v) is 5.79. The maximum atomic E-state index is 13.1. The number of primary amides is 1. The lowest BCUT2D eigenvalue weighted by atomic mass is 9.95. The molecule has 1 aliphatic rings. The van der Waals surface area contributed by atoms with Crippen LogP contribution in [0.2, 0.25) is 0 Å². The number of carbonyl (C=O) groups excluding carboxylic acids is 3. The average molecular weight is 440 g/mol. The Morgan fingerprint density at radius 3 is 2.28 bits per heavy atom. The van der Waals surface area contributed by atoms with Gasteiger partial charge in [-0.05, 0) is 57.7 Å². The predicted molar refractivity (Wildman–Crippen MR) is 124 cm³/mol. The molecule has 0 radical (unpaired) electrons. The highest BCUT2D eigenvalue weighted by molar-refractivity contribution is 6.08. The fourth-order valence-corrected chi connectivity index (χ4v) is 3.96. The number of para-hydroxylation sites is 1.